The van der Waals surface area contributed by atoms with E-state index in [0.29, 0.717) is 35.1 Å². The second-order valence-corrected chi connectivity index (χ2v) is 11.8. The first kappa shape index (κ1) is 30.3. The van der Waals surface area contributed by atoms with Gasteiger partial charge in [0.25, 0.3) is 5.92 Å². The van der Waals surface area contributed by atoms with Crippen molar-refractivity contribution in [2.75, 3.05) is 33.0 Å². The van der Waals surface area contributed by atoms with E-state index in [4.69, 9.17) is 18.9 Å². The number of benzene rings is 1. The predicted molar refractivity (Wildman–Crippen MR) is 154 cm³/mol. The first-order valence-electron chi connectivity index (χ1n) is 14.0. The van der Waals surface area contributed by atoms with Gasteiger partial charge in [0.05, 0.1) is 19.0 Å². The Morgan fingerprint density at radius 1 is 1.07 bits per heavy atom. The highest BCUT2D eigenvalue weighted by Gasteiger charge is 2.60. The molecule has 0 aliphatic carbocycles. The number of piperidine rings is 1. The van der Waals surface area contributed by atoms with Gasteiger partial charge in [0, 0.05) is 49.9 Å². The van der Waals surface area contributed by atoms with Crippen molar-refractivity contribution in [1.29, 1.82) is 0 Å². The smallest absolute Gasteiger partial charge is 0.411 e. The van der Waals surface area contributed by atoms with Crippen molar-refractivity contribution < 1.29 is 32.5 Å². The van der Waals surface area contributed by atoms with Gasteiger partial charge in [-0.15, -0.1) is 15.3 Å². The molecule has 1 aromatic carbocycles. The van der Waals surface area contributed by atoms with E-state index < -0.39 is 29.7 Å². The molecule has 3 aromatic rings. The van der Waals surface area contributed by atoms with Crippen molar-refractivity contribution in [2.24, 2.45) is 0 Å². The van der Waals surface area contributed by atoms with Crippen LogP contribution < -0.4 is 14.4 Å². The Balaban J connectivity index is 1.35. The molecule has 2 saturated heterocycles. The van der Waals surface area contributed by atoms with E-state index in [1.54, 1.807) is 39.1 Å². The third-order valence-electron chi connectivity index (χ3n) is 7.69. The molecule has 0 radical (unpaired) electrons. The topological polar surface area (TPSA) is 112 Å². The largest absolute Gasteiger partial charge is 0.480 e. The number of aromatic nitrogens is 4. The summed E-state index contributed by atoms with van der Waals surface area (Å²) in [7, 11) is 4.87. The van der Waals surface area contributed by atoms with Gasteiger partial charge in [-0.2, -0.15) is 5.10 Å². The monoisotopic (exact) mass is 598 g/mol. The Hall–Kier alpha value is -4.13. The van der Waals surface area contributed by atoms with Crippen molar-refractivity contribution in [3.05, 3.63) is 42.6 Å². The molecule has 2 aliphatic heterocycles. The lowest BCUT2D eigenvalue weighted by molar-refractivity contribution is -0.0492. The molecule has 230 valence electrons. The lowest BCUT2D eigenvalue weighted by atomic mass is 9.96. The van der Waals surface area contributed by atoms with Gasteiger partial charge in [0.1, 0.15) is 17.4 Å². The zero-order chi connectivity index (χ0) is 30.9. The maximum atomic E-state index is 15.0. The fraction of sp³-hybridized carbons (Fsp3) is 0.500. The van der Waals surface area contributed by atoms with Gasteiger partial charge in [-0.1, -0.05) is 6.07 Å². The molecule has 1 amide bonds. The van der Waals surface area contributed by atoms with Crippen LogP contribution in [0.3, 0.4) is 0 Å². The van der Waals surface area contributed by atoms with Crippen LogP contribution in [0, 0.1) is 0 Å². The zero-order valence-electron chi connectivity index (χ0n) is 25.1. The molecule has 0 spiro atoms. The van der Waals surface area contributed by atoms with Crippen LogP contribution in [0.15, 0.2) is 42.6 Å². The lowest BCUT2D eigenvalue weighted by Gasteiger charge is -2.42. The summed E-state index contributed by atoms with van der Waals surface area (Å²) >= 11 is 0. The molecule has 2 aliphatic rings. The van der Waals surface area contributed by atoms with Crippen LogP contribution in [0.5, 0.6) is 11.6 Å². The molecule has 0 unspecified atom stereocenters. The third-order valence-corrected chi connectivity index (χ3v) is 7.69. The van der Waals surface area contributed by atoms with Gasteiger partial charge in [0.15, 0.2) is 12.6 Å². The summed E-state index contributed by atoms with van der Waals surface area (Å²) in [5, 5.41) is 16.8. The van der Waals surface area contributed by atoms with E-state index in [2.05, 4.69) is 20.4 Å². The van der Waals surface area contributed by atoms with Gasteiger partial charge in [0.2, 0.25) is 5.88 Å². The number of ether oxygens (including phenoxy) is 4. The molecule has 11 nitrogen and oxygen atoms in total. The highest BCUT2D eigenvalue weighted by Crippen LogP contribution is 2.47. The number of anilines is 1. The minimum atomic E-state index is -2.99. The molecule has 2 bridgehead atoms. The quantitative estimate of drug-likeness (QED) is 0.321. The Labute approximate surface area is 249 Å². The van der Waals surface area contributed by atoms with Crippen LogP contribution in [0.1, 0.15) is 40.0 Å². The third kappa shape index (κ3) is 6.46. The molecule has 13 heteroatoms. The van der Waals surface area contributed by atoms with Crippen molar-refractivity contribution in [3.63, 3.8) is 0 Å². The number of hydrogen-bond acceptors (Lipinski definition) is 10. The van der Waals surface area contributed by atoms with Crippen molar-refractivity contribution >= 4 is 11.9 Å². The number of methoxy groups -OCH3 is 2. The Bertz CT molecular complexity index is 1450. The lowest BCUT2D eigenvalue weighted by Crippen LogP contribution is -2.55. The summed E-state index contributed by atoms with van der Waals surface area (Å²) in [6.07, 6.45) is 1.02. The molecule has 43 heavy (non-hydrogen) atoms. The van der Waals surface area contributed by atoms with E-state index in [1.165, 1.54) is 19.1 Å². The Kier molecular flexibility index (Phi) is 8.37. The second kappa shape index (κ2) is 11.9. The molecule has 2 aromatic heterocycles. The second-order valence-electron chi connectivity index (χ2n) is 11.8. The molecular formula is C30H36F2N6O5. The van der Waals surface area contributed by atoms with Crippen molar-refractivity contribution in [2.45, 2.75) is 69.7 Å². The number of alkyl halides is 2. The van der Waals surface area contributed by atoms with Crippen LogP contribution in [0.25, 0.3) is 22.4 Å². The summed E-state index contributed by atoms with van der Waals surface area (Å²) < 4.78 is 51.6. The van der Waals surface area contributed by atoms with Crippen molar-refractivity contribution in [1.82, 2.24) is 25.3 Å². The number of hydrogen-bond donors (Lipinski definition) is 0. The minimum Gasteiger partial charge on any atom is -0.480 e. The maximum Gasteiger partial charge on any atom is 0.411 e. The number of carbonyl (C=O) groups is 1. The molecule has 0 N–H and O–H groups in total. The summed E-state index contributed by atoms with van der Waals surface area (Å²) in [6, 6.07) is 8.88. The van der Waals surface area contributed by atoms with Crippen LogP contribution in [-0.2, 0) is 9.47 Å². The Morgan fingerprint density at radius 2 is 1.86 bits per heavy atom. The summed E-state index contributed by atoms with van der Waals surface area (Å²) in [5.74, 6) is -1.54. The first-order chi connectivity index (χ1) is 20.4. The van der Waals surface area contributed by atoms with Gasteiger partial charge < -0.3 is 23.8 Å². The zero-order valence-corrected chi connectivity index (χ0v) is 25.1. The van der Waals surface area contributed by atoms with Gasteiger partial charge in [-0.3, -0.25) is 4.90 Å². The minimum absolute atomic E-state index is 0.0254. The normalized spacial score (nSPS) is 20.9. The van der Waals surface area contributed by atoms with Crippen molar-refractivity contribution in [3.8, 4) is 34.0 Å². The molecule has 0 saturated carbocycles. The van der Waals surface area contributed by atoms with Crippen LogP contribution in [-0.4, -0.2) is 89.1 Å². The summed E-state index contributed by atoms with van der Waals surface area (Å²) in [5.41, 5.74) is 2.11. The fourth-order valence-corrected chi connectivity index (χ4v) is 5.67. The molecule has 5 rings (SSSR count). The van der Waals surface area contributed by atoms with Crippen LogP contribution in [0.4, 0.5) is 19.4 Å². The molecule has 4 heterocycles. The summed E-state index contributed by atoms with van der Waals surface area (Å²) in [6.45, 7) is 5.21. The van der Waals surface area contributed by atoms with Crippen LogP contribution >= 0.6 is 0 Å². The summed E-state index contributed by atoms with van der Waals surface area (Å²) in [4.78, 5) is 15.9. The Morgan fingerprint density at radius 3 is 2.51 bits per heavy atom. The molecule has 3 atom stereocenters. The van der Waals surface area contributed by atoms with E-state index in [9.17, 15) is 13.6 Å². The van der Waals surface area contributed by atoms with E-state index in [1.807, 2.05) is 36.2 Å². The predicted octanol–water partition coefficient (Wildman–Crippen LogP) is 5.20. The molecule has 2 fully saturated rings. The van der Waals surface area contributed by atoms with Gasteiger partial charge in [-0.25, -0.2) is 13.6 Å². The standard InChI is InChI=1S/C30H36F2N6O5/c1-29(2,3)43-28(39)38-21-13-20(14-25(38)30(31,32)15-21)37(4)26-10-9-23(34-35-26)22-8-7-18(11-24(22)42-17-40-5)19-12-27(41-6)36-33-16-19/h7-12,16,20-21,25H,13-15,17H2,1-6H3/t20-,21+,25-/m0/s1. The maximum absolute atomic E-state index is 15.0. The number of rotatable bonds is 8. The van der Waals surface area contributed by atoms with Gasteiger partial charge in [-0.05, 0) is 63.4 Å². The number of nitrogens with zero attached hydrogens (tertiary/aromatic N) is 6. The van der Waals surface area contributed by atoms with E-state index >= 15 is 0 Å². The highest BCUT2D eigenvalue weighted by atomic mass is 19.3. The highest BCUT2D eigenvalue weighted by molar-refractivity contribution is 5.75. The fourth-order valence-electron chi connectivity index (χ4n) is 5.67. The average molecular weight is 599 g/mol. The van der Waals surface area contributed by atoms with E-state index in [0.717, 1.165) is 11.1 Å². The van der Waals surface area contributed by atoms with E-state index in [-0.39, 0.29) is 25.7 Å². The number of fused-ring (bicyclic) bond motifs is 2. The van der Waals surface area contributed by atoms with Crippen LogP contribution in [0.2, 0.25) is 0 Å². The SMILES string of the molecule is COCOc1cc(-c2cnnc(OC)c2)ccc1-c1ccc(N(C)[C@H]2C[C@@H]3CC(F)(F)[C@H](C2)N3C(=O)OC(C)(C)C)nn1. The van der Waals surface area contributed by atoms with Gasteiger partial charge >= 0.3 is 6.09 Å². The average Bonchev–Trinajstić information content (AvgIpc) is 3.14. The number of carbonyl (C=O) groups excluding carboxylic acids is 1. The number of amides is 1. The molecular weight excluding hydrogens is 562 g/mol. The number of halogens is 2. The first-order valence-corrected chi connectivity index (χ1v) is 14.0.